The second-order valence-electron chi connectivity index (χ2n) is 4.78. The standard InChI is InChI=1S/C14H16BrNO3/c15-11-5-3-4-10(8-11)14(19)16(9-13(17)18)12-6-1-2-7-12/h3-5,8,12H,1-2,6-7,9H2,(H,17,18). The third-order valence-corrected chi connectivity index (χ3v) is 3.90. The van der Waals surface area contributed by atoms with Crippen molar-refractivity contribution in [2.45, 2.75) is 31.7 Å². The Morgan fingerprint density at radius 1 is 1.32 bits per heavy atom. The minimum Gasteiger partial charge on any atom is -0.480 e. The van der Waals surface area contributed by atoms with E-state index >= 15 is 0 Å². The van der Waals surface area contributed by atoms with Crippen LogP contribution in [-0.4, -0.2) is 34.5 Å². The Hall–Kier alpha value is -1.36. The van der Waals surface area contributed by atoms with Crippen molar-refractivity contribution < 1.29 is 14.7 Å². The zero-order chi connectivity index (χ0) is 13.8. The normalized spacial score (nSPS) is 15.4. The number of nitrogens with zero attached hydrogens (tertiary/aromatic N) is 1. The number of carbonyl (C=O) groups is 2. The summed E-state index contributed by atoms with van der Waals surface area (Å²) < 4.78 is 0.819. The third-order valence-electron chi connectivity index (χ3n) is 3.40. The Morgan fingerprint density at radius 3 is 2.58 bits per heavy atom. The summed E-state index contributed by atoms with van der Waals surface area (Å²) in [4.78, 5) is 24.9. The van der Waals surface area contributed by atoms with E-state index in [0.29, 0.717) is 5.56 Å². The van der Waals surface area contributed by atoms with Crippen LogP contribution in [-0.2, 0) is 4.79 Å². The van der Waals surface area contributed by atoms with Crippen molar-refractivity contribution in [3.63, 3.8) is 0 Å². The minimum atomic E-state index is -0.963. The zero-order valence-corrected chi connectivity index (χ0v) is 12.1. The predicted molar refractivity (Wildman–Crippen MR) is 75.1 cm³/mol. The van der Waals surface area contributed by atoms with Crippen molar-refractivity contribution in [2.75, 3.05) is 6.54 Å². The Morgan fingerprint density at radius 2 is 2.00 bits per heavy atom. The average molecular weight is 326 g/mol. The van der Waals surface area contributed by atoms with E-state index in [-0.39, 0.29) is 18.5 Å². The van der Waals surface area contributed by atoms with E-state index in [2.05, 4.69) is 15.9 Å². The van der Waals surface area contributed by atoms with Gasteiger partial charge in [0.25, 0.3) is 5.91 Å². The number of carboxylic acid groups (broad SMARTS) is 1. The highest BCUT2D eigenvalue weighted by Gasteiger charge is 2.28. The first-order valence-corrected chi connectivity index (χ1v) is 7.15. The lowest BCUT2D eigenvalue weighted by molar-refractivity contribution is -0.138. The van der Waals surface area contributed by atoms with Crippen LogP contribution in [0.15, 0.2) is 28.7 Å². The second-order valence-corrected chi connectivity index (χ2v) is 5.69. The maximum Gasteiger partial charge on any atom is 0.323 e. The molecule has 0 unspecified atom stereocenters. The summed E-state index contributed by atoms with van der Waals surface area (Å²) in [5, 5.41) is 8.99. The quantitative estimate of drug-likeness (QED) is 0.925. The lowest BCUT2D eigenvalue weighted by Crippen LogP contribution is -2.42. The number of benzene rings is 1. The molecule has 0 radical (unpaired) electrons. The molecule has 0 bridgehead atoms. The van der Waals surface area contributed by atoms with Crippen molar-refractivity contribution in [3.8, 4) is 0 Å². The molecule has 1 aromatic carbocycles. The summed E-state index contributed by atoms with van der Waals surface area (Å²) >= 11 is 3.33. The van der Waals surface area contributed by atoms with E-state index in [1.54, 1.807) is 18.2 Å². The molecule has 0 atom stereocenters. The van der Waals surface area contributed by atoms with Crippen LogP contribution in [0, 0.1) is 0 Å². The summed E-state index contributed by atoms with van der Waals surface area (Å²) in [6.07, 6.45) is 3.92. The van der Waals surface area contributed by atoms with Gasteiger partial charge < -0.3 is 10.0 Å². The van der Waals surface area contributed by atoms with Gasteiger partial charge in [0.05, 0.1) is 0 Å². The van der Waals surface area contributed by atoms with E-state index in [4.69, 9.17) is 5.11 Å². The van der Waals surface area contributed by atoms with Gasteiger partial charge in [-0.25, -0.2) is 0 Å². The molecule has 0 aromatic heterocycles. The zero-order valence-electron chi connectivity index (χ0n) is 10.5. The van der Waals surface area contributed by atoms with Crippen LogP contribution in [0.25, 0.3) is 0 Å². The highest BCUT2D eigenvalue weighted by atomic mass is 79.9. The molecule has 0 heterocycles. The average Bonchev–Trinajstić information content (AvgIpc) is 2.88. The van der Waals surface area contributed by atoms with Crippen LogP contribution in [0.4, 0.5) is 0 Å². The van der Waals surface area contributed by atoms with Gasteiger partial charge in [-0.3, -0.25) is 9.59 Å². The van der Waals surface area contributed by atoms with E-state index in [9.17, 15) is 9.59 Å². The molecule has 2 rings (SSSR count). The fourth-order valence-electron chi connectivity index (χ4n) is 2.52. The van der Waals surface area contributed by atoms with E-state index in [0.717, 1.165) is 30.2 Å². The lowest BCUT2D eigenvalue weighted by atomic mass is 10.1. The van der Waals surface area contributed by atoms with Crippen molar-refractivity contribution in [1.29, 1.82) is 0 Å². The molecule has 0 spiro atoms. The summed E-state index contributed by atoms with van der Waals surface area (Å²) in [6, 6.07) is 7.13. The maximum absolute atomic E-state index is 12.5. The van der Waals surface area contributed by atoms with Gasteiger partial charge in [0, 0.05) is 16.1 Å². The molecule has 0 aliphatic heterocycles. The fourth-order valence-corrected chi connectivity index (χ4v) is 2.91. The van der Waals surface area contributed by atoms with Crippen LogP contribution in [0.5, 0.6) is 0 Å². The number of amides is 1. The largest absolute Gasteiger partial charge is 0.480 e. The maximum atomic E-state index is 12.5. The van der Waals surface area contributed by atoms with E-state index < -0.39 is 5.97 Å². The van der Waals surface area contributed by atoms with Crippen LogP contribution >= 0.6 is 15.9 Å². The molecule has 102 valence electrons. The van der Waals surface area contributed by atoms with Gasteiger partial charge >= 0.3 is 5.97 Å². The van der Waals surface area contributed by atoms with Crippen molar-refractivity contribution in [1.82, 2.24) is 4.90 Å². The predicted octanol–water partition coefficient (Wildman–Crippen LogP) is 2.92. The monoisotopic (exact) mass is 325 g/mol. The van der Waals surface area contributed by atoms with Crippen molar-refractivity contribution in [3.05, 3.63) is 34.3 Å². The van der Waals surface area contributed by atoms with Gasteiger partial charge in [-0.1, -0.05) is 34.8 Å². The second kappa shape index (κ2) is 6.19. The van der Waals surface area contributed by atoms with Crippen LogP contribution in [0.2, 0.25) is 0 Å². The Kier molecular flexibility index (Phi) is 4.58. The molecule has 1 amide bonds. The molecule has 1 aromatic rings. The van der Waals surface area contributed by atoms with Crippen molar-refractivity contribution in [2.24, 2.45) is 0 Å². The molecular weight excluding hydrogens is 310 g/mol. The molecule has 1 aliphatic carbocycles. The fraction of sp³-hybridized carbons (Fsp3) is 0.429. The van der Waals surface area contributed by atoms with Gasteiger partial charge in [-0.15, -0.1) is 0 Å². The summed E-state index contributed by atoms with van der Waals surface area (Å²) in [6.45, 7) is -0.226. The molecule has 5 heteroatoms. The van der Waals surface area contributed by atoms with Crippen LogP contribution in [0.3, 0.4) is 0 Å². The highest BCUT2D eigenvalue weighted by molar-refractivity contribution is 9.10. The van der Waals surface area contributed by atoms with Crippen molar-refractivity contribution >= 4 is 27.8 Å². The molecule has 1 N–H and O–H groups in total. The smallest absolute Gasteiger partial charge is 0.323 e. The Labute approximate surface area is 120 Å². The molecule has 0 saturated heterocycles. The van der Waals surface area contributed by atoms with Gasteiger partial charge in [0.15, 0.2) is 0 Å². The molecule has 19 heavy (non-hydrogen) atoms. The van der Waals surface area contributed by atoms with E-state index in [1.807, 2.05) is 6.07 Å². The SMILES string of the molecule is O=C(O)CN(C(=O)c1cccc(Br)c1)C1CCCC1. The number of carboxylic acids is 1. The minimum absolute atomic E-state index is 0.0579. The van der Waals surface area contributed by atoms with Crippen LogP contribution < -0.4 is 0 Å². The molecule has 1 fully saturated rings. The Bertz CT molecular complexity index is 483. The summed E-state index contributed by atoms with van der Waals surface area (Å²) in [5.74, 6) is -1.16. The molecule has 4 nitrogen and oxygen atoms in total. The lowest BCUT2D eigenvalue weighted by Gasteiger charge is -2.27. The van der Waals surface area contributed by atoms with Gasteiger partial charge in [-0.05, 0) is 31.0 Å². The first-order valence-electron chi connectivity index (χ1n) is 6.36. The van der Waals surface area contributed by atoms with E-state index in [1.165, 1.54) is 4.90 Å². The third kappa shape index (κ3) is 3.56. The molecular formula is C14H16BrNO3. The van der Waals surface area contributed by atoms with Gasteiger partial charge in [-0.2, -0.15) is 0 Å². The number of hydrogen-bond donors (Lipinski definition) is 1. The topological polar surface area (TPSA) is 57.6 Å². The Balaban J connectivity index is 2.21. The number of rotatable bonds is 4. The van der Waals surface area contributed by atoms with Gasteiger partial charge in [0.1, 0.15) is 6.54 Å². The highest BCUT2D eigenvalue weighted by Crippen LogP contribution is 2.25. The number of hydrogen-bond acceptors (Lipinski definition) is 2. The van der Waals surface area contributed by atoms with Crippen LogP contribution in [0.1, 0.15) is 36.0 Å². The molecule has 1 aliphatic rings. The number of carbonyl (C=O) groups excluding carboxylic acids is 1. The summed E-state index contributed by atoms with van der Waals surface area (Å²) in [7, 11) is 0. The molecule has 1 saturated carbocycles. The number of halogens is 1. The first-order chi connectivity index (χ1) is 9.08. The number of aliphatic carboxylic acids is 1. The van der Waals surface area contributed by atoms with Gasteiger partial charge in [0.2, 0.25) is 0 Å². The summed E-state index contributed by atoms with van der Waals surface area (Å²) in [5.41, 5.74) is 0.530. The first kappa shape index (κ1) is 14.1.